The van der Waals surface area contributed by atoms with Crippen LogP contribution in [0.25, 0.3) is 0 Å². The number of aliphatic hydroxyl groups excluding tert-OH is 1. The summed E-state index contributed by atoms with van der Waals surface area (Å²) in [5, 5.41) is 12.8. The molecule has 2 rings (SSSR count). The highest BCUT2D eigenvalue weighted by Crippen LogP contribution is 2.19. The molecule has 0 saturated carbocycles. The maximum absolute atomic E-state index is 12.0. The minimum absolute atomic E-state index is 0.0140. The molecular formula is C16H24N2O2. The lowest BCUT2D eigenvalue weighted by atomic mass is 9.92. The number of carbonyl (C=O) groups excluding carboxylic acids is 1. The van der Waals surface area contributed by atoms with Crippen molar-refractivity contribution in [2.45, 2.75) is 32.8 Å². The normalized spacial score (nSPS) is 23.6. The standard InChI is InChI=1S/C16H24N2O2/c1-3-13-10-18(9-8-15(13)19)11-16(20)17-14-6-4-12(2)5-7-14/h4-7,13,15,19H,3,8-11H2,1-2H3,(H,17,20). The van der Waals surface area contributed by atoms with Crippen LogP contribution in [0.3, 0.4) is 0 Å². The van der Waals surface area contributed by atoms with E-state index in [1.165, 1.54) is 5.56 Å². The van der Waals surface area contributed by atoms with Crippen molar-refractivity contribution in [3.8, 4) is 0 Å². The van der Waals surface area contributed by atoms with Gasteiger partial charge in [-0.15, -0.1) is 0 Å². The van der Waals surface area contributed by atoms with Gasteiger partial charge in [0, 0.05) is 18.8 Å². The van der Waals surface area contributed by atoms with E-state index < -0.39 is 0 Å². The van der Waals surface area contributed by atoms with Crippen LogP contribution in [-0.2, 0) is 4.79 Å². The van der Waals surface area contributed by atoms with Crippen molar-refractivity contribution < 1.29 is 9.90 Å². The zero-order valence-corrected chi connectivity index (χ0v) is 12.3. The highest BCUT2D eigenvalue weighted by atomic mass is 16.3. The second-order valence-corrected chi connectivity index (χ2v) is 5.67. The third-order valence-electron chi connectivity index (χ3n) is 4.00. The topological polar surface area (TPSA) is 52.6 Å². The van der Waals surface area contributed by atoms with E-state index in [1.54, 1.807) is 0 Å². The zero-order chi connectivity index (χ0) is 14.5. The number of hydrogen-bond acceptors (Lipinski definition) is 3. The van der Waals surface area contributed by atoms with E-state index in [9.17, 15) is 9.90 Å². The Balaban J connectivity index is 1.84. The van der Waals surface area contributed by atoms with Gasteiger partial charge in [0.05, 0.1) is 12.6 Å². The summed E-state index contributed by atoms with van der Waals surface area (Å²) < 4.78 is 0. The van der Waals surface area contributed by atoms with Crippen molar-refractivity contribution in [2.75, 3.05) is 25.0 Å². The largest absolute Gasteiger partial charge is 0.393 e. The quantitative estimate of drug-likeness (QED) is 0.884. The van der Waals surface area contributed by atoms with Gasteiger partial charge in [-0.2, -0.15) is 0 Å². The number of aryl methyl sites for hydroxylation is 1. The molecule has 0 bridgehead atoms. The number of carbonyl (C=O) groups is 1. The van der Waals surface area contributed by atoms with E-state index in [-0.39, 0.29) is 17.9 Å². The van der Waals surface area contributed by atoms with Crippen LogP contribution < -0.4 is 5.32 Å². The second kappa shape index (κ2) is 6.86. The Bertz CT molecular complexity index is 444. The smallest absolute Gasteiger partial charge is 0.238 e. The molecule has 20 heavy (non-hydrogen) atoms. The average molecular weight is 276 g/mol. The summed E-state index contributed by atoms with van der Waals surface area (Å²) in [4.78, 5) is 14.2. The number of anilines is 1. The van der Waals surface area contributed by atoms with Crippen LogP contribution >= 0.6 is 0 Å². The van der Waals surface area contributed by atoms with Crippen molar-refractivity contribution in [2.24, 2.45) is 5.92 Å². The minimum Gasteiger partial charge on any atom is -0.393 e. The molecule has 110 valence electrons. The summed E-state index contributed by atoms with van der Waals surface area (Å²) in [5.74, 6) is 0.302. The van der Waals surface area contributed by atoms with Crippen LogP contribution in [0, 0.1) is 12.8 Å². The van der Waals surface area contributed by atoms with E-state index in [0.29, 0.717) is 6.54 Å². The number of piperidine rings is 1. The fraction of sp³-hybridized carbons (Fsp3) is 0.562. The molecule has 1 amide bonds. The molecular weight excluding hydrogens is 252 g/mol. The Hall–Kier alpha value is -1.39. The molecule has 1 aromatic rings. The molecule has 1 aromatic carbocycles. The first-order valence-electron chi connectivity index (χ1n) is 7.35. The lowest BCUT2D eigenvalue weighted by molar-refractivity contribution is -0.118. The molecule has 2 unspecified atom stereocenters. The van der Waals surface area contributed by atoms with Crippen LogP contribution in [0.5, 0.6) is 0 Å². The van der Waals surface area contributed by atoms with Crippen molar-refractivity contribution in [1.29, 1.82) is 0 Å². The number of amides is 1. The highest BCUT2D eigenvalue weighted by Gasteiger charge is 2.27. The van der Waals surface area contributed by atoms with Crippen LogP contribution in [-0.4, -0.2) is 41.7 Å². The Morgan fingerprint density at radius 2 is 2.10 bits per heavy atom. The molecule has 1 saturated heterocycles. The van der Waals surface area contributed by atoms with Crippen molar-refractivity contribution in [3.05, 3.63) is 29.8 Å². The predicted octanol–water partition coefficient (Wildman–Crippen LogP) is 2.03. The lowest BCUT2D eigenvalue weighted by Crippen LogP contribution is -2.45. The van der Waals surface area contributed by atoms with Gasteiger partial charge >= 0.3 is 0 Å². The summed E-state index contributed by atoms with van der Waals surface area (Å²) in [5.41, 5.74) is 2.02. The van der Waals surface area contributed by atoms with E-state index >= 15 is 0 Å². The van der Waals surface area contributed by atoms with E-state index in [4.69, 9.17) is 0 Å². The molecule has 1 fully saturated rings. The average Bonchev–Trinajstić information content (AvgIpc) is 2.43. The van der Waals surface area contributed by atoms with Gasteiger partial charge in [0.2, 0.25) is 5.91 Å². The molecule has 1 aliphatic heterocycles. The first-order valence-corrected chi connectivity index (χ1v) is 7.35. The highest BCUT2D eigenvalue weighted by molar-refractivity contribution is 5.92. The maximum Gasteiger partial charge on any atom is 0.238 e. The molecule has 4 nitrogen and oxygen atoms in total. The van der Waals surface area contributed by atoms with E-state index in [0.717, 1.165) is 31.6 Å². The molecule has 2 N–H and O–H groups in total. The summed E-state index contributed by atoms with van der Waals surface area (Å²) in [7, 11) is 0. The molecule has 0 aromatic heterocycles. The van der Waals surface area contributed by atoms with Crippen LogP contribution in [0.15, 0.2) is 24.3 Å². The Morgan fingerprint density at radius 3 is 2.75 bits per heavy atom. The number of likely N-dealkylation sites (tertiary alicyclic amines) is 1. The first kappa shape index (κ1) is 15.0. The van der Waals surface area contributed by atoms with Gasteiger partial charge < -0.3 is 10.4 Å². The molecule has 2 atom stereocenters. The number of aliphatic hydroxyl groups is 1. The van der Waals surface area contributed by atoms with Gasteiger partial charge in [-0.25, -0.2) is 0 Å². The SMILES string of the molecule is CCC1CN(CC(=O)Nc2ccc(C)cc2)CCC1O. The van der Waals surface area contributed by atoms with E-state index in [1.807, 2.05) is 31.2 Å². The second-order valence-electron chi connectivity index (χ2n) is 5.67. The summed E-state index contributed by atoms with van der Waals surface area (Å²) in [6, 6.07) is 7.81. The van der Waals surface area contributed by atoms with Gasteiger partial charge in [0.1, 0.15) is 0 Å². The number of benzene rings is 1. The van der Waals surface area contributed by atoms with Crippen LogP contribution in [0.1, 0.15) is 25.3 Å². The first-order chi connectivity index (χ1) is 9.58. The molecule has 0 radical (unpaired) electrons. The fourth-order valence-electron chi connectivity index (χ4n) is 2.68. The molecule has 0 spiro atoms. The monoisotopic (exact) mass is 276 g/mol. The number of rotatable bonds is 4. The molecule has 1 heterocycles. The fourth-order valence-corrected chi connectivity index (χ4v) is 2.68. The minimum atomic E-state index is -0.212. The lowest BCUT2D eigenvalue weighted by Gasteiger charge is -2.35. The number of hydrogen-bond donors (Lipinski definition) is 2. The Kier molecular flexibility index (Phi) is 5.15. The van der Waals surface area contributed by atoms with Crippen molar-refractivity contribution in [3.63, 3.8) is 0 Å². The van der Waals surface area contributed by atoms with E-state index in [2.05, 4.69) is 17.1 Å². The zero-order valence-electron chi connectivity index (χ0n) is 12.3. The van der Waals surface area contributed by atoms with Gasteiger partial charge in [-0.3, -0.25) is 9.69 Å². The molecule has 4 heteroatoms. The molecule has 0 aliphatic carbocycles. The van der Waals surface area contributed by atoms with Crippen LogP contribution in [0.4, 0.5) is 5.69 Å². The summed E-state index contributed by atoms with van der Waals surface area (Å²) in [6.45, 7) is 6.11. The number of nitrogens with zero attached hydrogens (tertiary/aromatic N) is 1. The molecule has 1 aliphatic rings. The Labute approximate surface area is 120 Å². The number of nitrogens with one attached hydrogen (secondary N) is 1. The van der Waals surface area contributed by atoms with Gasteiger partial charge in [0.25, 0.3) is 0 Å². The third-order valence-corrected chi connectivity index (χ3v) is 4.00. The van der Waals surface area contributed by atoms with Gasteiger partial charge in [-0.1, -0.05) is 24.6 Å². The summed E-state index contributed by atoms with van der Waals surface area (Å²) >= 11 is 0. The van der Waals surface area contributed by atoms with Crippen molar-refractivity contribution >= 4 is 11.6 Å². The predicted molar refractivity (Wildman–Crippen MR) is 80.7 cm³/mol. The maximum atomic E-state index is 12.0. The van der Waals surface area contributed by atoms with Gasteiger partial charge in [-0.05, 0) is 37.8 Å². The Morgan fingerprint density at radius 1 is 1.40 bits per heavy atom. The van der Waals surface area contributed by atoms with Gasteiger partial charge in [0.15, 0.2) is 0 Å². The van der Waals surface area contributed by atoms with Crippen LogP contribution in [0.2, 0.25) is 0 Å². The summed E-state index contributed by atoms with van der Waals surface area (Å²) in [6.07, 6.45) is 1.50. The third kappa shape index (κ3) is 4.05. The van der Waals surface area contributed by atoms with Crippen molar-refractivity contribution in [1.82, 2.24) is 4.90 Å².